The fourth-order valence-electron chi connectivity index (χ4n) is 1.12. The Morgan fingerprint density at radius 1 is 1.26 bits per heavy atom. The van der Waals surface area contributed by atoms with Gasteiger partial charge in [0.2, 0.25) is 0 Å². The van der Waals surface area contributed by atoms with Crippen molar-refractivity contribution >= 4 is 25.6 Å². The van der Waals surface area contributed by atoms with Crippen LogP contribution >= 0.6 is 10.7 Å². The van der Waals surface area contributed by atoms with Gasteiger partial charge in [-0.05, 0) is 18.2 Å². The Morgan fingerprint density at radius 3 is 2.32 bits per heavy atom. The van der Waals surface area contributed by atoms with Crippen LogP contribution in [-0.4, -0.2) is 27.0 Å². The van der Waals surface area contributed by atoms with Crippen molar-refractivity contribution in [3.63, 3.8) is 0 Å². The quantitative estimate of drug-likeness (QED) is 0.685. The highest BCUT2D eigenvalue weighted by Gasteiger charge is 2.28. The molecule has 1 N–H and O–H groups in total. The number of alkyl halides is 3. The van der Waals surface area contributed by atoms with Gasteiger partial charge in [-0.2, -0.15) is 13.2 Å². The minimum Gasteiger partial charge on any atom is -0.343 e. The number of nitrogens with one attached hydrogen (secondary N) is 1. The molecule has 0 radical (unpaired) electrons. The van der Waals surface area contributed by atoms with Crippen molar-refractivity contribution in [1.29, 1.82) is 0 Å². The van der Waals surface area contributed by atoms with Crippen LogP contribution in [0.4, 0.5) is 17.6 Å². The van der Waals surface area contributed by atoms with E-state index in [-0.39, 0.29) is 0 Å². The van der Waals surface area contributed by atoms with Gasteiger partial charge in [0.25, 0.3) is 15.0 Å². The number of hydrogen-bond donors (Lipinski definition) is 1. The van der Waals surface area contributed by atoms with Crippen LogP contribution in [-0.2, 0) is 9.05 Å². The maximum absolute atomic E-state index is 13.1. The SMILES string of the molecule is O=C(NCC(F)(F)F)c1cc(F)cc(S(=O)(=O)Cl)c1. The second kappa shape index (κ2) is 5.33. The summed E-state index contributed by atoms with van der Waals surface area (Å²) in [5.41, 5.74) is -0.580. The van der Waals surface area contributed by atoms with Gasteiger partial charge in [-0.25, -0.2) is 12.8 Å². The zero-order valence-corrected chi connectivity index (χ0v) is 10.5. The largest absolute Gasteiger partial charge is 0.405 e. The molecule has 0 aliphatic carbocycles. The summed E-state index contributed by atoms with van der Waals surface area (Å²) in [6.07, 6.45) is -4.63. The molecule has 0 unspecified atom stereocenters. The lowest BCUT2D eigenvalue weighted by molar-refractivity contribution is -0.123. The molecule has 1 rings (SSSR count). The average Bonchev–Trinajstić information content (AvgIpc) is 2.22. The summed E-state index contributed by atoms with van der Waals surface area (Å²) in [6.45, 7) is -1.62. The first-order valence-corrected chi connectivity index (χ1v) is 6.90. The monoisotopic (exact) mass is 319 g/mol. The maximum atomic E-state index is 13.1. The highest BCUT2D eigenvalue weighted by molar-refractivity contribution is 8.13. The van der Waals surface area contributed by atoms with Crippen LogP contribution in [0.3, 0.4) is 0 Å². The number of amides is 1. The second-order valence-electron chi connectivity index (χ2n) is 3.41. The third-order valence-electron chi connectivity index (χ3n) is 1.86. The third kappa shape index (κ3) is 5.03. The first kappa shape index (κ1) is 15.7. The normalized spacial score (nSPS) is 12.3. The first-order chi connectivity index (χ1) is 8.49. The van der Waals surface area contributed by atoms with Crippen molar-refractivity contribution in [3.05, 3.63) is 29.6 Å². The Hall–Kier alpha value is -1.35. The average molecular weight is 320 g/mol. The molecule has 19 heavy (non-hydrogen) atoms. The molecule has 1 aromatic carbocycles. The molecular formula is C9H6ClF4NO3S. The minimum absolute atomic E-state index is 0.545. The molecule has 106 valence electrons. The molecule has 1 amide bonds. The molecule has 0 saturated heterocycles. The van der Waals surface area contributed by atoms with E-state index in [1.807, 2.05) is 0 Å². The topological polar surface area (TPSA) is 63.2 Å². The molecule has 0 spiro atoms. The van der Waals surface area contributed by atoms with Crippen LogP contribution < -0.4 is 5.32 Å². The van der Waals surface area contributed by atoms with Gasteiger partial charge in [0.05, 0.1) is 4.90 Å². The number of benzene rings is 1. The van der Waals surface area contributed by atoms with Crippen molar-refractivity contribution < 1.29 is 30.8 Å². The van der Waals surface area contributed by atoms with Crippen LogP contribution in [0.15, 0.2) is 23.1 Å². The molecule has 0 aliphatic rings. The number of halogens is 5. The van der Waals surface area contributed by atoms with E-state index < -0.39 is 44.0 Å². The molecule has 10 heteroatoms. The lowest BCUT2D eigenvalue weighted by atomic mass is 10.2. The minimum atomic E-state index is -4.63. The molecule has 0 aromatic heterocycles. The molecule has 0 aliphatic heterocycles. The summed E-state index contributed by atoms with van der Waals surface area (Å²) in [6, 6.07) is 1.82. The Kier molecular flexibility index (Phi) is 4.41. The summed E-state index contributed by atoms with van der Waals surface area (Å²) in [5.74, 6) is -2.38. The summed E-state index contributed by atoms with van der Waals surface area (Å²) in [4.78, 5) is 10.6. The van der Waals surface area contributed by atoms with Gasteiger partial charge in [-0.3, -0.25) is 4.79 Å². The Morgan fingerprint density at radius 2 is 1.84 bits per heavy atom. The van der Waals surface area contributed by atoms with E-state index in [1.54, 1.807) is 0 Å². The van der Waals surface area contributed by atoms with Crippen molar-refractivity contribution in [1.82, 2.24) is 5.32 Å². The predicted octanol–water partition coefficient (Wildman–Crippen LogP) is 2.05. The summed E-state index contributed by atoms with van der Waals surface area (Å²) >= 11 is 0. The first-order valence-electron chi connectivity index (χ1n) is 4.59. The van der Waals surface area contributed by atoms with Crippen LogP contribution in [0.1, 0.15) is 10.4 Å². The summed E-state index contributed by atoms with van der Waals surface area (Å²) in [7, 11) is 0.656. The van der Waals surface area contributed by atoms with Gasteiger partial charge in [0.15, 0.2) is 0 Å². The van der Waals surface area contributed by atoms with Crippen LogP contribution in [0, 0.1) is 5.82 Å². The van der Waals surface area contributed by atoms with Gasteiger partial charge < -0.3 is 5.32 Å². The molecular weight excluding hydrogens is 314 g/mol. The van der Waals surface area contributed by atoms with Gasteiger partial charge in [0.1, 0.15) is 12.4 Å². The van der Waals surface area contributed by atoms with E-state index in [0.717, 1.165) is 0 Å². The molecule has 4 nitrogen and oxygen atoms in total. The standard InChI is InChI=1S/C9H6ClF4NO3S/c10-19(17,18)7-2-5(1-6(11)3-7)8(16)15-4-9(12,13)14/h1-3H,4H2,(H,15,16). The smallest absolute Gasteiger partial charge is 0.343 e. The molecule has 0 saturated carbocycles. The Bertz CT molecular complexity index is 600. The van der Waals surface area contributed by atoms with Crippen molar-refractivity contribution in [2.75, 3.05) is 6.54 Å². The fourth-order valence-corrected chi connectivity index (χ4v) is 1.91. The fraction of sp³-hybridized carbons (Fsp3) is 0.222. The van der Waals surface area contributed by atoms with Crippen molar-refractivity contribution in [3.8, 4) is 0 Å². The Balaban J connectivity index is 3.02. The zero-order valence-electron chi connectivity index (χ0n) is 8.96. The number of carbonyl (C=O) groups excluding carboxylic acids is 1. The highest BCUT2D eigenvalue weighted by Crippen LogP contribution is 2.19. The van der Waals surface area contributed by atoms with Gasteiger partial charge in [-0.1, -0.05) is 0 Å². The zero-order chi connectivity index (χ0) is 14.8. The lowest BCUT2D eigenvalue weighted by Crippen LogP contribution is -2.33. The molecule has 0 heterocycles. The third-order valence-corrected chi connectivity index (χ3v) is 3.20. The van der Waals surface area contributed by atoms with Gasteiger partial charge in [0, 0.05) is 16.2 Å². The van der Waals surface area contributed by atoms with Crippen LogP contribution in [0.2, 0.25) is 0 Å². The highest BCUT2D eigenvalue weighted by atomic mass is 35.7. The Labute approximate surface area is 109 Å². The van der Waals surface area contributed by atoms with Crippen LogP contribution in [0.25, 0.3) is 0 Å². The van der Waals surface area contributed by atoms with E-state index in [1.165, 1.54) is 5.32 Å². The van der Waals surface area contributed by atoms with E-state index in [2.05, 4.69) is 0 Å². The van der Waals surface area contributed by atoms with Crippen LogP contribution in [0.5, 0.6) is 0 Å². The number of rotatable bonds is 3. The number of hydrogen-bond acceptors (Lipinski definition) is 3. The second-order valence-corrected chi connectivity index (χ2v) is 5.98. The van der Waals surface area contributed by atoms with E-state index >= 15 is 0 Å². The molecule has 0 fully saturated rings. The molecule has 1 aromatic rings. The van der Waals surface area contributed by atoms with E-state index in [0.29, 0.717) is 18.2 Å². The summed E-state index contributed by atoms with van der Waals surface area (Å²) in [5, 5.41) is 1.48. The summed E-state index contributed by atoms with van der Waals surface area (Å²) < 4.78 is 70.6. The molecule has 0 bridgehead atoms. The number of carbonyl (C=O) groups is 1. The van der Waals surface area contributed by atoms with E-state index in [9.17, 15) is 30.8 Å². The maximum Gasteiger partial charge on any atom is 0.405 e. The van der Waals surface area contributed by atoms with Gasteiger partial charge >= 0.3 is 6.18 Å². The van der Waals surface area contributed by atoms with Crippen molar-refractivity contribution in [2.24, 2.45) is 0 Å². The van der Waals surface area contributed by atoms with E-state index in [4.69, 9.17) is 10.7 Å². The predicted molar refractivity (Wildman–Crippen MR) is 57.8 cm³/mol. The lowest BCUT2D eigenvalue weighted by Gasteiger charge is -2.09. The van der Waals surface area contributed by atoms with Crippen molar-refractivity contribution in [2.45, 2.75) is 11.1 Å². The van der Waals surface area contributed by atoms with Gasteiger partial charge in [-0.15, -0.1) is 0 Å². The molecule has 0 atom stereocenters.